The van der Waals surface area contributed by atoms with Crippen LogP contribution in [0.2, 0.25) is 5.02 Å². The highest BCUT2D eigenvalue weighted by Gasteiger charge is 2.47. The Hall–Kier alpha value is -3.77. The van der Waals surface area contributed by atoms with Crippen LogP contribution >= 0.6 is 11.6 Å². The molecule has 0 aromatic heterocycles. The summed E-state index contributed by atoms with van der Waals surface area (Å²) < 4.78 is 5.55. The summed E-state index contributed by atoms with van der Waals surface area (Å²) in [6, 6.07) is 18.9. The number of amides is 1. The van der Waals surface area contributed by atoms with Gasteiger partial charge in [-0.3, -0.25) is 14.5 Å². The Morgan fingerprint density at radius 2 is 1.77 bits per heavy atom. The van der Waals surface area contributed by atoms with Crippen LogP contribution in [0, 0.1) is 6.92 Å². The number of carbonyl (C=O) groups is 2. The Morgan fingerprint density at radius 1 is 1.06 bits per heavy atom. The molecule has 1 fully saturated rings. The van der Waals surface area contributed by atoms with Crippen LogP contribution in [0.15, 0.2) is 72.3 Å². The van der Waals surface area contributed by atoms with Crippen LogP contribution in [0.4, 0.5) is 11.4 Å². The number of ketones is 1. The number of halogens is 1. The molecule has 0 aliphatic carbocycles. The monoisotopic (exact) mass is 490 g/mol. The van der Waals surface area contributed by atoms with E-state index in [2.05, 4.69) is 0 Å². The summed E-state index contributed by atoms with van der Waals surface area (Å²) in [7, 11) is 3.85. The van der Waals surface area contributed by atoms with Gasteiger partial charge in [-0.05, 0) is 61.9 Å². The molecule has 1 aliphatic rings. The minimum Gasteiger partial charge on any atom is -0.507 e. The lowest BCUT2D eigenvalue weighted by atomic mass is 9.94. The average Bonchev–Trinajstić information content (AvgIpc) is 3.10. The summed E-state index contributed by atoms with van der Waals surface area (Å²) in [6.07, 6.45) is 0. The highest BCUT2D eigenvalue weighted by Crippen LogP contribution is 2.43. The van der Waals surface area contributed by atoms with Gasteiger partial charge in [0.15, 0.2) is 0 Å². The molecule has 6 nitrogen and oxygen atoms in total. The zero-order valence-electron chi connectivity index (χ0n) is 20.1. The third-order valence-electron chi connectivity index (χ3n) is 5.95. The number of hydrogen-bond acceptors (Lipinski definition) is 5. The molecular weight excluding hydrogens is 464 g/mol. The Bertz CT molecular complexity index is 1310. The van der Waals surface area contributed by atoms with Crippen molar-refractivity contribution in [1.29, 1.82) is 0 Å². The first kappa shape index (κ1) is 24.4. The minimum absolute atomic E-state index is 0.0205. The number of rotatable bonds is 6. The maximum absolute atomic E-state index is 13.4. The number of Topliss-reactive ketones (excluding diaryl/α,β-unsaturated/α-hetero) is 1. The molecule has 7 heteroatoms. The quantitative estimate of drug-likeness (QED) is 0.271. The molecule has 0 spiro atoms. The molecule has 0 bridgehead atoms. The van der Waals surface area contributed by atoms with Crippen LogP contribution in [0.25, 0.3) is 5.76 Å². The van der Waals surface area contributed by atoms with Crippen molar-refractivity contribution in [2.24, 2.45) is 0 Å². The number of ether oxygens (including phenoxy) is 1. The van der Waals surface area contributed by atoms with Crippen molar-refractivity contribution < 1.29 is 19.4 Å². The first-order valence-electron chi connectivity index (χ1n) is 11.3. The summed E-state index contributed by atoms with van der Waals surface area (Å²) in [4.78, 5) is 30.1. The van der Waals surface area contributed by atoms with Crippen molar-refractivity contribution in [2.75, 3.05) is 30.5 Å². The van der Waals surface area contributed by atoms with E-state index < -0.39 is 17.7 Å². The van der Waals surface area contributed by atoms with Crippen molar-refractivity contribution in [1.82, 2.24) is 0 Å². The van der Waals surface area contributed by atoms with E-state index in [1.54, 1.807) is 30.3 Å². The fraction of sp³-hybridized carbons (Fsp3) is 0.214. The molecular formula is C28H27ClN2O4. The lowest BCUT2D eigenvalue weighted by molar-refractivity contribution is -0.132. The van der Waals surface area contributed by atoms with Crippen LogP contribution in [0.1, 0.15) is 29.7 Å². The van der Waals surface area contributed by atoms with Gasteiger partial charge in [0.25, 0.3) is 11.7 Å². The van der Waals surface area contributed by atoms with Crippen molar-refractivity contribution in [3.63, 3.8) is 0 Å². The summed E-state index contributed by atoms with van der Waals surface area (Å²) in [5.74, 6) is -1.33. The predicted molar refractivity (Wildman–Crippen MR) is 139 cm³/mol. The van der Waals surface area contributed by atoms with Gasteiger partial charge in [-0.15, -0.1) is 0 Å². The van der Waals surface area contributed by atoms with Gasteiger partial charge >= 0.3 is 0 Å². The minimum atomic E-state index is -0.827. The molecule has 1 aliphatic heterocycles. The maximum Gasteiger partial charge on any atom is 0.300 e. The Labute approximate surface area is 210 Å². The normalized spacial score (nSPS) is 17.1. The van der Waals surface area contributed by atoms with Crippen LogP contribution < -0.4 is 14.5 Å². The van der Waals surface area contributed by atoms with Gasteiger partial charge in [-0.2, -0.15) is 0 Å². The zero-order chi connectivity index (χ0) is 25.3. The van der Waals surface area contributed by atoms with Gasteiger partial charge in [0.1, 0.15) is 11.5 Å². The largest absolute Gasteiger partial charge is 0.507 e. The lowest BCUT2D eigenvalue weighted by Crippen LogP contribution is -2.29. The predicted octanol–water partition coefficient (Wildman–Crippen LogP) is 5.74. The van der Waals surface area contributed by atoms with Crippen LogP contribution in [-0.4, -0.2) is 37.5 Å². The summed E-state index contributed by atoms with van der Waals surface area (Å²) in [5.41, 5.74) is 3.39. The molecule has 1 unspecified atom stereocenters. The second-order valence-corrected chi connectivity index (χ2v) is 8.98. The number of anilines is 2. The third-order valence-corrected chi connectivity index (χ3v) is 6.28. The van der Waals surface area contributed by atoms with E-state index in [0.29, 0.717) is 23.6 Å². The molecule has 0 saturated carbocycles. The number of carbonyl (C=O) groups excluding carboxylic acids is 2. The molecule has 1 amide bonds. The van der Waals surface area contributed by atoms with Crippen molar-refractivity contribution >= 4 is 40.4 Å². The highest BCUT2D eigenvalue weighted by molar-refractivity contribution is 6.52. The van der Waals surface area contributed by atoms with E-state index in [-0.39, 0.29) is 21.9 Å². The summed E-state index contributed by atoms with van der Waals surface area (Å²) in [6.45, 7) is 4.21. The molecule has 1 heterocycles. The van der Waals surface area contributed by atoms with Gasteiger partial charge in [0.2, 0.25) is 0 Å². The number of nitrogens with zero attached hydrogens (tertiary/aromatic N) is 2. The van der Waals surface area contributed by atoms with Crippen LogP contribution in [-0.2, 0) is 9.59 Å². The SMILES string of the molecule is CCOc1ccc(Cl)c(/C(O)=C2\C(=O)C(=O)N(c3ccc(N(C)C)cc3)C2c2cccc(C)c2)c1. The van der Waals surface area contributed by atoms with E-state index in [9.17, 15) is 14.7 Å². The van der Waals surface area contributed by atoms with Crippen LogP contribution in [0.5, 0.6) is 5.75 Å². The van der Waals surface area contributed by atoms with E-state index in [4.69, 9.17) is 16.3 Å². The van der Waals surface area contributed by atoms with E-state index in [1.807, 2.05) is 69.2 Å². The summed E-state index contributed by atoms with van der Waals surface area (Å²) >= 11 is 6.41. The summed E-state index contributed by atoms with van der Waals surface area (Å²) in [5, 5.41) is 11.6. The van der Waals surface area contributed by atoms with E-state index >= 15 is 0 Å². The first-order valence-corrected chi connectivity index (χ1v) is 11.7. The molecule has 1 saturated heterocycles. The topological polar surface area (TPSA) is 70.1 Å². The number of aryl methyl sites for hydroxylation is 1. The molecule has 3 aromatic rings. The molecule has 180 valence electrons. The van der Waals surface area contributed by atoms with Gasteiger partial charge in [0.05, 0.1) is 23.2 Å². The van der Waals surface area contributed by atoms with E-state index in [1.165, 1.54) is 4.90 Å². The average molecular weight is 491 g/mol. The zero-order valence-corrected chi connectivity index (χ0v) is 20.8. The molecule has 1 atom stereocenters. The number of aliphatic hydroxyl groups is 1. The lowest BCUT2D eigenvalue weighted by Gasteiger charge is -2.26. The third kappa shape index (κ3) is 4.62. The van der Waals surface area contributed by atoms with E-state index in [0.717, 1.165) is 11.3 Å². The maximum atomic E-state index is 13.4. The molecule has 0 radical (unpaired) electrons. The Kier molecular flexibility index (Phi) is 6.85. The second-order valence-electron chi connectivity index (χ2n) is 8.57. The second kappa shape index (κ2) is 9.84. The highest BCUT2D eigenvalue weighted by atomic mass is 35.5. The fourth-order valence-electron chi connectivity index (χ4n) is 4.25. The molecule has 4 rings (SSSR count). The Morgan fingerprint density at radius 3 is 2.40 bits per heavy atom. The fourth-order valence-corrected chi connectivity index (χ4v) is 4.46. The van der Waals surface area contributed by atoms with Crippen molar-refractivity contribution in [2.45, 2.75) is 19.9 Å². The van der Waals surface area contributed by atoms with Crippen molar-refractivity contribution in [3.8, 4) is 5.75 Å². The van der Waals surface area contributed by atoms with Gasteiger partial charge in [-0.25, -0.2) is 0 Å². The Balaban J connectivity index is 1.93. The number of hydrogen-bond donors (Lipinski definition) is 1. The van der Waals surface area contributed by atoms with Crippen LogP contribution in [0.3, 0.4) is 0 Å². The van der Waals surface area contributed by atoms with Gasteiger partial charge < -0.3 is 14.7 Å². The number of aliphatic hydroxyl groups excluding tert-OH is 1. The van der Waals surface area contributed by atoms with Gasteiger partial charge in [0, 0.05) is 31.0 Å². The molecule has 1 N–H and O–H groups in total. The molecule has 3 aromatic carbocycles. The number of benzene rings is 3. The first-order chi connectivity index (χ1) is 16.7. The smallest absolute Gasteiger partial charge is 0.300 e. The molecule has 35 heavy (non-hydrogen) atoms. The van der Waals surface area contributed by atoms with Gasteiger partial charge in [-0.1, -0.05) is 41.4 Å². The van der Waals surface area contributed by atoms with Crippen molar-refractivity contribution in [3.05, 3.63) is 94.0 Å². The standard InChI is InChI=1S/C28H27ClN2O4/c1-5-35-21-13-14-23(29)22(16-21)26(32)24-25(18-8-6-7-17(2)15-18)31(28(34)27(24)33)20-11-9-19(10-12-20)30(3)4/h6-16,25,32H,5H2,1-4H3/b26-24+.